The van der Waals surface area contributed by atoms with Gasteiger partial charge in [-0.05, 0) is 41.8 Å². The lowest BCUT2D eigenvalue weighted by Gasteiger charge is -2.46. The third-order valence-corrected chi connectivity index (χ3v) is 5.32. The van der Waals surface area contributed by atoms with Gasteiger partial charge in [-0.3, -0.25) is 9.69 Å². The number of rotatable bonds is 4. The third-order valence-electron chi connectivity index (χ3n) is 5.07. The van der Waals surface area contributed by atoms with Crippen LogP contribution in [-0.4, -0.2) is 48.0 Å². The molecule has 4 nitrogen and oxygen atoms in total. The van der Waals surface area contributed by atoms with E-state index in [1.54, 1.807) is 24.3 Å². The molecule has 2 aromatic rings. The zero-order valence-corrected chi connectivity index (χ0v) is 14.8. The van der Waals surface area contributed by atoms with E-state index in [1.807, 2.05) is 4.90 Å². The van der Waals surface area contributed by atoms with Crippen LogP contribution in [0.1, 0.15) is 11.1 Å². The normalized spacial score (nSPS) is 17.7. The summed E-state index contributed by atoms with van der Waals surface area (Å²) >= 11 is 5.84. The smallest absolute Gasteiger partial charge is 0.260 e. The van der Waals surface area contributed by atoms with Gasteiger partial charge in [0.2, 0.25) is 0 Å². The molecule has 0 radical (unpaired) electrons. The van der Waals surface area contributed by atoms with Crippen LogP contribution in [0.4, 0.5) is 0 Å². The highest BCUT2D eigenvalue weighted by molar-refractivity contribution is 6.30. The first kappa shape index (κ1) is 16.4. The summed E-state index contributed by atoms with van der Waals surface area (Å²) < 4.78 is 5.54. The number of benzene rings is 2. The van der Waals surface area contributed by atoms with Gasteiger partial charge in [0.15, 0.2) is 6.61 Å². The van der Waals surface area contributed by atoms with Gasteiger partial charge >= 0.3 is 0 Å². The summed E-state index contributed by atoms with van der Waals surface area (Å²) in [5.41, 5.74) is 2.88. The molecular weight excluding hydrogens is 336 g/mol. The Hall–Kier alpha value is -2.04. The van der Waals surface area contributed by atoms with Crippen LogP contribution in [0.15, 0.2) is 48.5 Å². The van der Waals surface area contributed by atoms with E-state index in [0.29, 0.717) is 16.8 Å². The van der Waals surface area contributed by atoms with Gasteiger partial charge in [0.05, 0.1) is 0 Å². The van der Waals surface area contributed by atoms with Crippen LogP contribution in [0.25, 0.3) is 0 Å². The van der Waals surface area contributed by atoms with Crippen LogP contribution >= 0.6 is 11.6 Å². The SMILES string of the molecule is O=C(COc1ccc(Cl)cc1)N1CC(N2CCc3ccccc3C2)C1. The van der Waals surface area contributed by atoms with Crippen molar-refractivity contribution in [3.8, 4) is 5.75 Å². The lowest BCUT2D eigenvalue weighted by Crippen LogP contribution is -2.62. The second kappa shape index (κ2) is 7.06. The van der Waals surface area contributed by atoms with E-state index in [4.69, 9.17) is 16.3 Å². The molecule has 130 valence electrons. The van der Waals surface area contributed by atoms with E-state index >= 15 is 0 Å². The number of ether oxygens (including phenoxy) is 1. The Morgan fingerprint density at radius 1 is 1.08 bits per heavy atom. The van der Waals surface area contributed by atoms with Crippen LogP contribution in [-0.2, 0) is 17.8 Å². The number of halogens is 1. The van der Waals surface area contributed by atoms with Gasteiger partial charge in [0.1, 0.15) is 5.75 Å². The number of carbonyl (C=O) groups excluding carboxylic acids is 1. The molecule has 1 saturated heterocycles. The molecule has 2 aromatic carbocycles. The number of hydrogen-bond acceptors (Lipinski definition) is 3. The summed E-state index contributed by atoms with van der Waals surface area (Å²) in [5.74, 6) is 0.714. The number of amides is 1. The summed E-state index contributed by atoms with van der Waals surface area (Å²) in [4.78, 5) is 16.6. The molecule has 0 unspecified atom stereocenters. The maximum Gasteiger partial charge on any atom is 0.260 e. The number of nitrogens with zero attached hydrogens (tertiary/aromatic N) is 2. The predicted octanol–water partition coefficient (Wildman–Crippen LogP) is 2.99. The van der Waals surface area contributed by atoms with Crippen molar-refractivity contribution in [2.75, 3.05) is 26.2 Å². The Morgan fingerprint density at radius 3 is 2.56 bits per heavy atom. The molecule has 1 fully saturated rings. The van der Waals surface area contributed by atoms with Crippen LogP contribution in [0.5, 0.6) is 5.75 Å². The maximum absolute atomic E-state index is 12.2. The molecule has 2 aliphatic heterocycles. The van der Waals surface area contributed by atoms with Crippen molar-refractivity contribution in [3.63, 3.8) is 0 Å². The molecule has 0 saturated carbocycles. The molecule has 2 heterocycles. The number of hydrogen-bond donors (Lipinski definition) is 0. The highest BCUT2D eigenvalue weighted by Gasteiger charge is 2.35. The molecule has 0 aromatic heterocycles. The standard InChI is InChI=1S/C20H21ClN2O2/c21-17-5-7-19(8-6-17)25-14-20(24)23-12-18(13-23)22-10-9-15-3-1-2-4-16(15)11-22/h1-8,18H,9-14H2. The first-order valence-corrected chi connectivity index (χ1v) is 9.04. The fourth-order valence-corrected chi connectivity index (χ4v) is 3.61. The Balaban J connectivity index is 1.25. The monoisotopic (exact) mass is 356 g/mol. The van der Waals surface area contributed by atoms with Crippen molar-refractivity contribution in [2.45, 2.75) is 19.0 Å². The zero-order valence-electron chi connectivity index (χ0n) is 14.0. The molecule has 0 bridgehead atoms. The summed E-state index contributed by atoms with van der Waals surface area (Å²) in [6.45, 7) is 3.74. The van der Waals surface area contributed by atoms with Gasteiger partial charge in [-0.1, -0.05) is 35.9 Å². The quantitative estimate of drug-likeness (QED) is 0.844. The average molecular weight is 357 g/mol. The topological polar surface area (TPSA) is 32.8 Å². The van der Waals surface area contributed by atoms with E-state index in [1.165, 1.54) is 11.1 Å². The average Bonchev–Trinajstić information content (AvgIpc) is 2.60. The van der Waals surface area contributed by atoms with E-state index in [0.717, 1.165) is 32.6 Å². The minimum absolute atomic E-state index is 0.0450. The molecule has 4 rings (SSSR count). The van der Waals surface area contributed by atoms with Crippen molar-refractivity contribution in [1.29, 1.82) is 0 Å². The molecule has 2 aliphatic rings. The minimum Gasteiger partial charge on any atom is -0.484 e. The van der Waals surface area contributed by atoms with Gasteiger partial charge in [0, 0.05) is 37.2 Å². The number of fused-ring (bicyclic) bond motifs is 1. The number of likely N-dealkylation sites (tertiary alicyclic amines) is 1. The van der Waals surface area contributed by atoms with Gasteiger partial charge in [-0.2, -0.15) is 0 Å². The van der Waals surface area contributed by atoms with Crippen molar-refractivity contribution >= 4 is 17.5 Å². The second-order valence-electron chi connectivity index (χ2n) is 6.68. The fraction of sp³-hybridized carbons (Fsp3) is 0.350. The van der Waals surface area contributed by atoms with Crippen molar-refractivity contribution in [1.82, 2.24) is 9.80 Å². The third kappa shape index (κ3) is 3.65. The van der Waals surface area contributed by atoms with Crippen molar-refractivity contribution in [2.24, 2.45) is 0 Å². The van der Waals surface area contributed by atoms with Crippen LogP contribution in [0.3, 0.4) is 0 Å². The van der Waals surface area contributed by atoms with Crippen molar-refractivity contribution in [3.05, 3.63) is 64.7 Å². The lowest BCUT2D eigenvalue weighted by molar-refractivity contribution is -0.141. The largest absolute Gasteiger partial charge is 0.484 e. The molecule has 0 N–H and O–H groups in total. The Kier molecular flexibility index (Phi) is 4.64. The molecular formula is C20H21ClN2O2. The first-order chi connectivity index (χ1) is 12.2. The van der Waals surface area contributed by atoms with Gasteiger partial charge in [-0.25, -0.2) is 0 Å². The fourth-order valence-electron chi connectivity index (χ4n) is 3.49. The van der Waals surface area contributed by atoms with Crippen LogP contribution < -0.4 is 4.74 Å². The Bertz CT molecular complexity index is 757. The molecule has 0 atom stereocenters. The van der Waals surface area contributed by atoms with E-state index in [-0.39, 0.29) is 12.5 Å². The molecule has 25 heavy (non-hydrogen) atoms. The van der Waals surface area contributed by atoms with E-state index < -0.39 is 0 Å². The van der Waals surface area contributed by atoms with E-state index in [9.17, 15) is 4.79 Å². The predicted molar refractivity (Wildman–Crippen MR) is 97.9 cm³/mol. The second-order valence-corrected chi connectivity index (χ2v) is 7.12. The lowest BCUT2D eigenvalue weighted by atomic mass is 9.96. The number of carbonyl (C=O) groups is 1. The van der Waals surface area contributed by atoms with Gasteiger partial charge in [-0.15, -0.1) is 0 Å². The summed E-state index contributed by atoms with van der Waals surface area (Å²) in [6.07, 6.45) is 1.10. The highest BCUT2D eigenvalue weighted by Crippen LogP contribution is 2.24. The minimum atomic E-state index is 0.0450. The molecule has 0 aliphatic carbocycles. The summed E-state index contributed by atoms with van der Waals surface area (Å²) in [6, 6.07) is 16.2. The van der Waals surface area contributed by atoms with Crippen molar-refractivity contribution < 1.29 is 9.53 Å². The van der Waals surface area contributed by atoms with Crippen LogP contribution in [0.2, 0.25) is 5.02 Å². The Morgan fingerprint density at radius 2 is 1.80 bits per heavy atom. The molecule has 0 spiro atoms. The first-order valence-electron chi connectivity index (χ1n) is 8.66. The van der Waals surface area contributed by atoms with Crippen LogP contribution in [0, 0.1) is 0 Å². The summed E-state index contributed by atoms with van der Waals surface area (Å²) in [5, 5.41) is 0.660. The zero-order chi connectivity index (χ0) is 17.2. The maximum atomic E-state index is 12.2. The Labute approximate surface area is 152 Å². The van der Waals surface area contributed by atoms with Gasteiger partial charge in [0.25, 0.3) is 5.91 Å². The van der Waals surface area contributed by atoms with E-state index in [2.05, 4.69) is 29.2 Å². The van der Waals surface area contributed by atoms with Gasteiger partial charge < -0.3 is 9.64 Å². The molecule has 5 heteroatoms. The highest BCUT2D eigenvalue weighted by atomic mass is 35.5. The molecule has 1 amide bonds. The summed E-state index contributed by atoms with van der Waals surface area (Å²) in [7, 11) is 0.